The van der Waals surface area contributed by atoms with Crippen LogP contribution < -0.4 is 15.4 Å². The van der Waals surface area contributed by atoms with Crippen molar-refractivity contribution in [2.75, 3.05) is 12.0 Å². The minimum atomic E-state index is -0.367. The molecule has 0 bridgehead atoms. The zero-order valence-corrected chi connectivity index (χ0v) is 14.4. The van der Waals surface area contributed by atoms with Crippen molar-refractivity contribution in [2.45, 2.75) is 27.7 Å². The molecule has 2 amide bonds. The van der Waals surface area contributed by atoms with Gasteiger partial charge in [-0.25, -0.2) is 4.79 Å². The monoisotopic (exact) mass is 326 g/mol. The normalized spacial score (nSPS) is 10.2. The van der Waals surface area contributed by atoms with Crippen LogP contribution in [0.1, 0.15) is 34.0 Å². The largest absolute Gasteiger partial charge is 0.473 e. The molecule has 0 unspecified atom stereocenters. The van der Waals surface area contributed by atoms with Gasteiger partial charge in [-0.3, -0.25) is 4.79 Å². The molecule has 2 rings (SSSR count). The second kappa shape index (κ2) is 7.64. The van der Waals surface area contributed by atoms with E-state index in [1.54, 1.807) is 24.3 Å². The zero-order valence-electron chi connectivity index (χ0n) is 14.4. The first-order valence-electron chi connectivity index (χ1n) is 7.74. The predicted octanol–water partition coefficient (Wildman–Crippen LogP) is 3.97. The van der Waals surface area contributed by atoms with E-state index in [4.69, 9.17) is 4.74 Å². The third-order valence-electron chi connectivity index (χ3n) is 3.87. The predicted molar refractivity (Wildman–Crippen MR) is 94.7 cm³/mol. The standard InChI is InChI=1S/C19H22N2O3/c1-12-5-6-13(2)18(14(12)3)24-11-20-19(23)21-17-9-7-16(8-10-17)15(4)22/h5-10H,11H2,1-4H3,(H2,20,21,23). The third kappa shape index (κ3) is 4.35. The van der Waals surface area contributed by atoms with E-state index in [1.165, 1.54) is 6.92 Å². The number of ketones is 1. The van der Waals surface area contributed by atoms with E-state index in [1.807, 2.05) is 32.9 Å². The topological polar surface area (TPSA) is 67.4 Å². The maximum absolute atomic E-state index is 11.9. The van der Waals surface area contributed by atoms with E-state index in [2.05, 4.69) is 10.6 Å². The highest BCUT2D eigenvalue weighted by Crippen LogP contribution is 2.25. The summed E-state index contributed by atoms with van der Waals surface area (Å²) in [6.45, 7) is 7.56. The average Bonchev–Trinajstić information content (AvgIpc) is 2.55. The molecule has 5 nitrogen and oxygen atoms in total. The fraction of sp³-hybridized carbons (Fsp3) is 0.263. The number of benzene rings is 2. The summed E-state index contributed by atoms with van der Waals surface area (Å²) in [6, 6.07) is 10.4. The van der Waals surface area contributed by atoms with Crippen LogP contribution in [0.3, 0.4) is 0 Å². The Hall–Kier alpha value is -2.82. The Morgan fingerprint density at radius 2 is 1.58 bits per heavy atom. The summed E-state index contributed by atoms with van der Waals surface area (Å²) in [6.07, 6.45) is 0. The highest BCUT2D eigenvalue weighted by Gasteiger charge is 2.07. The molecule has 2 aromatic carbocycles. The molecule has 0 fully saturated rings. The van der Waals surface area contributed by atoms with Crippen LogP contribution in [-0.4, -0.2) is 18.5 Å². The lowest BCUT2D eigenvalue weighted by Crippen LogP contribution is -2.32. The van der Waals surface area contributed by atoms with Gasteiger partial charge in [0.05, 0.1) is 0 Å². The van der Waals surface area contributed by atoms with Crippen LogP contribution in [0.4, 0.5) is 10.5 Å². The lowest BCUT2D eigenvalue weighted by Gasteiger charge is -2.14. The van der Waals surface area contributed by atoms with Crippen molar-refractivity contribution in [3.8, 4) is 5.75 Å². The second-order valence-corrected chi connectivity index (χ2v) is 5.71. The molecule has 126 valence electrons. The van der Waals surface area contributed by atoms with Crippen LogP contribution in [0, 0.1) is 20.8 Å². The van der Waals surface area contributed by atoms with Crippen molar-refractivity contribution in [2.24, 2.45) is 0 Å². The summed E-state index contributed by atoms with van der Waals surface area (Å²) in [5, 5.41) is 5.35. The molecule has 0 aliphatic rings. The molecule has 2 N–H and O–H groups in total. The smallest absolute Gasteiger partial charge is 0.321 e. The van der Waals surface area contributed by atoms with Gasteiger partial charge < -0.3 is 15.4 Å². The van der Waals surface area contributed by atoms with Crippen LogP contribution in [0.15, 0.2) is 36.4 Å². The van der Waals surface area contributed by atoms with Crippen LogP contribution in [-0.2, 0) is 0 Å². The Labute approximate surface area is 142 Å². The molecule has 0 aliphatic carbocycles. The van der Waals surface area contributed by atoms with Crippen LogP contribution in [0.2, 0.25) is 0 Å². The maximum Gasteiger partial charge on any atom is 0.321 e. The lowest BCUT2D eigenvalue weighted by atomic mass is 10.1. The number of ether oxygens (including phenoxy) is 1. The number of rotatable bonds is 5. The molecule has 0 saturated carbocycles. The maximum atomic E-state index is 11.9. The van der Waals surface area contributed by atoms with E-state index in [0.717, 1.165) is 22.4 Å². The summed E-state index contributed by atoms with van der Waals surface area (Å²) >= 11 is 0. The molecule has 0 atom stereocenters. The molecule has 0 aromatic heterocycles. The van der Waals surface area contributed by atoms with E-state index in [-0.39, 0.29) is 18.5 Å². The van der Waals surface area contributed by atoms with Gasteiger partial charge in [-0.15, -0.1) is 0 Å². The van der Waals surface area contributed by atoms with E-state index in [9.17, 15) is 9.59 Å². The minimum absolute atomic E-state index is 0.0108. The van der Waals surface area contributed by atoms with Crippen LogP contribution in [0.5, 0.6) is 5.75 Å². The number of hydrogen-bond donors (Lipinski definition) is 2. The first kappa shape index (κ1) is 17.5. The Balaban J connectivity index is 1.88. The number of nitrogens with one attached hydrogen (secondary N) is 2. The number of anilines is 1. The Bertz CT molecular complexity index is 752. The lowest BCUT2D eigenvalue weighted by molar-refractivity contribution is 0.101. The minimum Gasteiger partial charge on any atom is -0.473 e. The molecule has 2 aromatic rings. The van der Waals surface area contributed by atoms with Gasteiger partial charge in [0, 0.05) is 11.3 Å². The molecule has 5 heteroatoms. The first-order valence-corrected chi connectivity index (χ1v) is 7.74. The van der Waals surface area contributed by atoms with Gasteiger partial charge in [0.1, 0.15) is 5.75 Å². The number of hydrogen-bond acceptors (Lipinski definition) is 3. The Kier molecular flexibility index (Phi) is 5.58. The van der Waals surface area contributed by atoms with Gasteiger partial charge in [0.15, 0.2) is 12.5 Å². The second-order valence-electron chi connectivity index (χ2n) is 5.71. The fourth-order valence-electron chi connectivity index (χ4n) is 2.28. The molecule has 24 heavy (non-hydrogen) atoms. The summed E-state index contributed by atoms with van der Waals surface area (Å²) < 4.78 is 5.69. The molecule has 0 heterocycles. The van der Waals surface area contributed by atoms with E-state index < -0.39 is 0 Å². The van der Waals surface area contributed by atoms with Gasteiger partial charge in [0.2, 0.25) is 0 Å². The number of aryl methyl sites for hydroxylation is 2. The van der Waals surface area contributed by atoms with Crippen LogP contribution in [0.25, 0.3) is 0 Å². The SMILES string of the molecule is CC(=O)c1ccc(NC(=O)NCOc2c(C)ccc(C)c2C)cc1. The Morgan fingerprint density at radius 1 is 0.958 bits per heavy atom. The van der Waals surface area contributed by atoms with E-state index >= 15 is 0 Å². The van der Waals surface area contributed by atoms with Crippen molar-refractivity contribution >= 4 is 17.5 Å². The fourth-order valence-corrected chi connectivity index (χ4v) is 2.28. The van der Waals surface area contributed by atoms with Gasteiger partial charge in [0.25, 0.3) is 0 Å². The molecule has 0 spiro atoms. The summed E-state index contributed by atoms with van der Waals surface area (Å²) in [7, 11) is 0. The van der Waals surface area contributed by atoms with Crippen molar-refractivity contribution in [3.05, 3.63) is 58.7 Å². The van der Waals surface area contributed by atoms with Crippen molar-refractivity contribution in [1.29, 1.82) is 0 Å². The summed E-state index contributed by atoms with van der Waals surface area (Å²) in [5.74, 6) is 0.782. The summed E-state index contributed by atoms with van der Waals surface area (Å²) in [5.41, 5.74) is 4.46. The van der Waals surface area contributed by atoms with Gasteiger partial charge in [-0.1, -0.05) is 12.1 Å². The molecule has 0 radical (unpaired) electrons. The van der Waals surface area contributed by atoms with Crippen molar-refractivity contribution in [3.63, 3.8) is 0 Å². The average molecular weight is 326 g/mol. The number of Topliss-reactive ketones (excluding diaryl/α,β-unsaturated/α-hetero) is 1. The van der Waals surface area contributed by atoms with Crippen molar-refractivity contribution < 1.29 is 14.3 Å². The quantitative estimate of drug-likeness (QED) is 0.645. The zero-order chi connectivity index (χ0) is 17.7. The van der Waals surface area contributed by atoms with Gasteiger partial charge >= 0.3 is 6.03 Å². The highest BCUT2D eigenvalue weighted by molar-refractivity contribution is 5.95. The third-order valence-corrected chi connectivity index (χ3v) is 3.87. The molecule has 0 aliphatic heterocycles. The molecular formula is C19H22N2O3. The first-order chi connectivity index (χ1) is 11.4. The molecule has 0 saturated heterocycles. The number of carbonyl (C=O) groups excluding carboxylic acids is 2. The highest BCUT2D eigenvalue weighted by atomic mass is 16.5. The van der Waals surface area contributed by atoms with Gasteiger partial charge in [-0.2, -0.15) is 0 Å². The number of urea groups is 1. The summed E-state index contributed by atoms with van der Waals surface area (Å²) in [4.78, 5) is 23.1. The number of amides is 2. The van der Waals surface area contributed by atoms with Gasteiger partial charge in [-0.05, 0) is 68.7 Å². The van der Waals surface area contributed by atoms with E-state index in [0.29, 0.717) is 11.3 Å². The van der Waals surface area contributed by atoms with Crippen LogP contribution >= 0.6 is 0 Å². The Morgan fingerprint density at radius 3 is 2.21 bits per heavy atom. The number of carbonyl (C=O) groups is 2. The molecular weight excluding hydrogens is 304 g/mol. The van der Waals surface area contributed by atoms with Crippen molar-refractivity contribution in [1.82, 2.24) is 5.32 Å².